The Hall–Kier alpha value is -2.24. The first kappa shape index (κ1) is 16.2. The first-order chi connectivity index (χ1) is 12.2. The van der Waals surface area contributed by atoms with Crippen LogP contribution in [0.1, 0.15) is 35.3 Å². The molecule has 132 valence electrons. The average molecular weight is 342 g/mol. The molecule has 5 heteroatoms. The first-order valence-electron chi connectivity index (χ1n) is 8.35. The molecule has 0 amide bonds. The third-order valence-electron chi connectivity index (χ3n) is 5.08. The molecule has 2 heterocycles. The smallest absolute Gasteiger partial charge is 0.203 e. The van der Waals surface area contributed by atoms with Crippen molar-refractivity contribution in [2.24, 2.45) is 0 Å². The van der Waals surface area contributed by atoms with Gasteiger partial charge in [-0.3, -0.25) is 0 Å². The normalized spacial score (nSPS) is 18.0. The Labute approximate surface area is 147 Å². The zero-order valence-corrected chi connectivity index (χ0v) is 15.0. The van der Waals surface area contributed by atoms with Gasteiger partial charge in [-0.2, -0.15) is 0 Å². The summed E-state index contributed by atoms with van der Waals surface area (Å²) >= 11 is 0. The number of ether oxygens (including phenoxy) is 5. The van der Waals surface area contributed by atoms with Crippen LogP contribution >= 0.6 is 0 Å². The van der Waals surface area contributed by atoms with Crippen LogP contribution in [0.2, 0.25) is 0 Å². The summed E-state index contributed by atoms with van der Waals surface area (Å²) in [4.78, 5) is 0. The monoisotopic (exact) mass is 342 g/mol. The van der Waals surface area contributed by atoms with Crippen LogP contribution in [0, 0.1) is 0 Å². The molecule has 4 rings (SSSR count). The fraction of sp³-hybridized carbons (Fsp3) is 0.400. The predicted octanol–water partition coefficient (Wildman–Crippen LogP) is 4.00. The van der Waals surface area contributed by atoms with Crippen LogP contribution in [-0.4, -0.2) is 21.3 Å². The van der Waals surface area contributed by atoms with Crippen molar-refractivity contribution < 1.29 is 23.7 Å². The molecule has 2 aliphatic heterocycles. The fourth-order valence-electron chi connectivity index (χ4n) is 3.79. The predicted molar refractivity (Wildman–Crippen MR) is 93.2 cm³/mol. The molecular formula is C20H22O5. The van der Waals surface area contributed by atoms with Crippen molar-refractivity contribution in [3.8, 4) is 28.4 Å². The third-order valence-corrected chi connectivity index (χ3v) is 5.08. The van der Waals surface area contributed by atoms with Crippen LogP contribution < -0.4 is 14.2 Å². The van der Waals surface area contributed by atoms with Gasteiger partial charge >= 0.3 is 0 Å². The number of fused-ring (bicyclic) bond motifs is 5. The fourth-order valence-corrected chi connectivity index (χ4v) is 3.79. The van der Waals surface area contributed by atoms with E-state index in [0.29, 0.717) is 37.1 Å². The number of benzene rings is 2. The zero-order chi connectivity index (χ0) is 17.6. The summed E-state index contributed by atoms with van der Waals surface area (Å²) in [7, 11) is 4.91. The lowest BCUT2D eigenvalue weighted by Crippen LogP contribution is -2.03. The standard InChI is InChI=1S/C20H22O5/c1-11-14-7-17(21-2)19(22-3)20(23-4)18(14)13-6-5-12-8-24-9-15(12)16(13)10-25-11/h5-7,11H,8-10H2,1-4H3/t11-/m0/s1. The lowest BCUT2D eigenvalue weighted by Gasteiger charge is -2.21. The van der Waals surface area contributed by atoms with Crippen LogP contribution in [0.25, 0.3) is 11.1 Å². The quantitative estimate of drug-likeness (QED) is 0.844. The highest BCUT2D eigenvalue weighted by Gasteiger charge is 2.31. The van der Waals surface area contributed by atoms with E-state index in [0.717, 1.165) is 16.7 Å². The van der Waals surface area contributed by atoms with Crippen molar-refractivity contribution >= 4 is 0 Å². The second kappa shape index (κ2) is 6.24. The first-order valence-corrected chi connectivity index (χ1v) is 8.35. The Balaban J connectivity index is 2.06. The molecule has 25 heavy (non-hydrogen) atoms. The van der Waals surface area contributed by atoms with Crippen LogP contribution in [-0.2, 0) is 29.3 Å². The SMILES string of the molecule is COc1cc2c(c(OC)c1OC)-c1ccc3c(c1CO[C@H]2C)COC3. The molecule has 0 fully saturated rings. The van der Waals surface area contributed by atoms with Gasteiger partial charge < -0.3 is 23.7 Å². The van der Waals surface area contributed by atoms with E-state index in [4.69, 9.17) is 23.7 Å². The third kappa shape index (κ3) is 2.38. The topological polar surface area (TPSA) is 46.2 Å². The Kier molecular flexibility index (Phi) is 4.06. The molecule has 0 bridgehead atoms. The maximum Gasteiger partial charge on any atom is 0.203 e. The highest BCUT2D eigenvalue weighted by Crippen LogP contribution is 2.51. The molecule has 5 nitrogen and oxygen atoms in total. The summed E-state index contributed by atoms with van der Waals surface area (Å²) in [6, 6.07) is 6.26. The van der Waals surface area contributed by atoms with Crippen molar-refractivity contribution in [3.63, 3.8) is 0 Å². The summed E-state index contributed by atoms with van der Waals surface area (Å²) in [5.41, 5.74) is 6.79. The van der Waals surface area contributed by atoms with Crippen LogP contribution in [0.15, 0.2) is 18.2 Å². The summed E-state index contributed by atoms with van der Waals surface area (Å²) in [6.45, 7) is 3.88. The summed E-state index contributed by atoms with van der Waals surface area (Å²) in [5, 5.41) is 0. The second-order valence-corrected chi connectivity index (χ2v) is 6.28. The molecule has 0 spiro atoms. The van der Waals surface area contributed by atoms with Gasteiger partial charge in [-0.15, -0.1) is 0 Å². The van der Waals surface area contributed by atoms with Gasteiger partial charge in [0.05, 0.1) is 47.3 Å². The van der Waals surface area contributed by atoms with Gasteiger partial charge in [0.1, 0.15) is 0 Å². The summed E-state index contributed by atoms with van der Waals surface area (Å²) in [5.74, 6) is 1.91. The second-order valence-electron chi connectivity index (χ2n) is 6.28. The molecule has 0 saturated heterocycles. The number of methoxy groups -OCH3 is 3. The number of rotatable bonds is 3. The number of hydrogen-bond donors (Lipinski definition) is 0. The van der Waals surface area contributed by atoms with E-state index in [1.54, 1.807) is 21.3 Å². The van der Waals surface area contributed by atoms with Crippen molar-refractivity contribution in [3.05, 3.63) is 40.5 Å². The maximum absolute atomic E-state index is 6.15. The minimum absolute atomic E-state index is 0.0888. The average Bonchev–Trinajstić information content (AvgIpc) is 3.07. The van der Waals surface area contributed by atoms with E-state index in [2.05, 4.69) is 12.1 Å². The molecule has 1 atom stereocenters. The van der Waals surface area contributed by atoms with Crippen molar-refractivity contribution in [1.29, 1.82) is 0 Å². The van der Waals surface area contributed by atoms with E-state index in [-0.39, 0.29) is 6.10 Å². The van der Waals surface area contributed by atoms with Gasteiger partial charge in [0.2, 0.25) is 5.75 Å². The molecule has 2 aliphatic rings. The van der Waals surface area contributed by atoms with E-state index < -0.39 is 0 Å². The van der Waals surface area contributed by atoms with Crippen molar-refractivity contribution in [2.75, 3.05) is 21.3 Å². The van der Waals surface area contributed by atoms with E-state index in [9.17, 15) is 0 Å². The maximum atomic E-state index is 6.15. The van der Waals surface area contributed by atoms with E-state index in [1.807, 2.05) is 13.0 Å². The minimum atomic E-state index is -0.0888. The van der Waals surface area contributed by atoms with Gasteiger partial charge in [-0.05, 0) is 40.8 Å². The summed E-state index contributed by atoms with van der Waals surface area (Å²) < 4.78 is 28.7. The summed E-state index contributed by atoms with van der Waals surface area (Å²) in [6.07, 6.45) is -0.0888. The van der Waals surface area contributed by atoms with Crippen LogP contribution in [0.3, 0.4) is 0 Å². The van der Waals surface area contributed by atoms with Gasteiger partial charge in [-0.25, -0.2) is 0 Å². The Bertz CT molecular complexity index is 828. The van der Waals surface area contributed by atoms with Crippen molar-refractivity contribution in [2.45, 2.75) is 32.8 Å². The van der Waals surface area contributed by atoms with Gasteiger partial charge in [0.25, 0.3) is 0 Å². The Morgan fingerprint density at radius 3 is 2.44 bits per heavy atom. The molecule has 0 radical (unpaired) electrons. The molecule has 2 aromatic carbocycles. The van der Waals surface area contributed by atoms with E-state index in [1.165, 1.54) is 16.7 Å². The molecule has 0 saturated carbocycles. The molecule has 0 aromatic heterocycles. The van der Waals surface area contributed by atoms with Gasteiger partial charge in [0, 0.05) is 5.56 Å². The van der Waals surface area contributed by atoms with Crippen LogP contribution in [0.4, 0.5) is 0 Å². The Morgan fingerprint density at radius 2 is 1.72 bits per heavy atom. The molecule has 0 unspecified atom stereocenters. The van der Waals surface area contributed by atoms with Crippen LogP contribution in [0.5, 0.6) is 17.2 Å². The lowest BCUT2D eigenvalue weighted by atomic mass is 9.89. The number of hydrogen-bond acceptors (Lipinski definition) is 5. The van der Waals surface area contributed by atoms with Gasteiger partial charge in [-0.1, -0.05) is 12.1 Å². The highest BCUT2D eigenvalue weighted by atomic mass is 16.5. The van der Waals surface area contributed by atoms with Crippen molar-refractivity contribution in [1.82, 2.24) is 0 Å². The largest absolute Gasteiger partial charge is 0.493 e. The molecular weight excluding hydrogens is 320 g/mol. The lowest BCUT2D eigenvalue weighted by molar-refractivity contribution is 0.0537. The van der Waals surface area contributed by atoms with E-state index >= 15 is 0 Å². The molecule has 0 aliphatic carbocycles. The minimum Gasteiger partial charge on any atom is -0.493 e. The Morgan fingerprint density at radius 1 is 0.920 bits per heavy atom. The highest BCUT2D eigenvalue weighted by molar-refractivity contribution is 5.83. The zero-order valence-electron chi connectivity index (χ0n) is 15.0. The van der Waals surface area contributed by atoms with Gasteiger partial charge in [0.15, 0.2) is 11.5 Å². The molecule has 0 N–H and O–H groups in total. The molecule has 2 aromatic rings.